The second kappa shape index (κ2) is 10.1. The van der Waals surface area contributed by atoms with Crippen molar-refractivity contribution >= 4 is 0 Å². The zero-order valence-corrected chi connectivity index (χ0v) is 19.9. The summed E-state index contributed by atoms with van der Waals surface area (Å²) in [5, 5.41) is 0. The van der Waals surface area contributed by atoms with E-state index in [0.717, 1.165) is 19.3 Å². The van der Waals surface area contributed by atoms with Crippen LogP contribution in [0.25, 0.3) is 22.3 Å². The topological polar surface area (TPSA) is 0 Å². The van der Waals surface area contributed by atoms with Gasteiger partial charge in [-0.1, -0.05) is 88.6 Å². The van der Waals surface area contributed by atoms with Crippen molar-refractivity contribution in [2.24, 2.45) is 0 Å². The van der Waals surface area contributed by atoms with Gasteiger partial charge in [-0.2, -0.15) is 0 Å². The van der Waals surface area contributed by atoms with Crippen LogP contribution in [0.15, 0.2) is 48.5 Å². The Morgan fingerprint density at radius 3 is 1.73 bits per heavy atom. The molecule has 0 nitrogen and oxygen atoms in total. The predicted molar refractivity (Wildman–Crippen MR) is 134 cm³/mol. The molecule has 0 atom stereocenters. The molecule has 0 aliphatic rings. The third kappa shape index (κ3) is 4.38. The number of benzene rings is 3. The molecule has 0 bridgehead atoms. The van der Waals surface area contributed by atoms with Crippen LogP contribution in [0.1, 0.15) is 73.4 Å². The molecule has 0 amide bonds. The normalized spacial score (nSPS) is 11.1. The highest BCUT2D eigenvalue weighted by Gasteiger charge is 2.17. The Bertz CT molecular complexity index is 1010. The van der Waals surface area contributed by atoms with Gasteiger partial charge >= 0.3 is 0 Å². The van der Waals surface area contributed by atoms with Gasteiger partial charge in [0.05, 0.1) is 0 Å². The lowest BCUT2D eigenvalue weighted by Crippen LogP contribution is -2.01. The smallest absolute Gasteiger partial charge is 0.0146 e. The predicted octanol–water partition coefficient (Wildman–Crippen LogP) is 8.80. The molecule has 0 radical (unpaired) electrons. The Labute approximate surface area is 184 Å². The molecule has 0 aliphatic heterocycles. The standard InChI is InChI=1S/C30H38/c1-7-12-24-16-11-17-27(22(24)5)30-20-19-28(23(6)26(30)14-9-3)29-18-10-15-21(4)25(29)13-8-2/h10-11,15-20H,7-9,12-14H2,1-6H3. The summed E-state index contributed by atoms with van der Waals surface area (Å²) < 4.78 is 0. The molecule has 0 heterocycles. The lowest BCUT2D eigenvalue weighted by Gasteiger charge is -2.21. The Morgan fingerprint density at radius 1 is 0.500 bits per heavy atom. The molecule has 0 unspecified atom stereocenters. The SMILES string of the molecule is CCCc1cccc(-c2ccc(-c3cccc(C)c3CCC)c(C)c2CCC)c1C. The van der Waals surface area contributed by atoms with Crippen LogP contribution in [-0.2, 0) is 19.3 Å². The molecular weight excluding hydrogens is 360 g/mol. The molecule has 0 spiro atoms. The van der Waals surface area contributed by atoms with Crippen LogP contribution < -0.4 is 0 Å². The first kappa shape index (κ1) is 22.3. The van der Waals surface area contributed by atoms with Crippen LogP contribution in [0.4, 0.5) is 0 Å². The average molecular weight is 399 g/mol. The van der Waals surface area contributed by atoms with Crippen LogP contribution in [0.2, 0.25) is 0 Å². The fraction of sp³-hybridized carbons (Fsp3) is 0.400. The minimum Gasteiger partial charge on any atom is -0.0651 e. The van der Waals surface area contributed by atoms with E-state index in [4.69, 9.17) is 0 Å². The van der Waals surface area contributed by atoms with Gasteiger partial charge in [-0.25, -0.2) is 0 Å². The van der Waals surface area contributed by atoms with Gasteiger partial charge in [-0.3, -0.25) is 0 Å². The van der Waals surface area contributed by atoms with Crippen molar-refractivity contribution in [3.8, 4) is 22.3 Å². The maximum Gasteiger partial charge on any atom is -0.0146 e. The van der Waals surface area contributed by atoms with E-state index in [1.54, 1.807) is 0 Å². The average Bonchev–Trinajstić information content (AvgIpc) is 2.73. The van der Waals surface area contributed by atoms with E-state index >= 15 is 0 Å². The minimum atomic E-state index is 1.13. The van der Waals surface area contributed by atoms with Crippen LogP contribution >= 0.6 is 0 Å². The third-order valence-corrected chi connectivity index (χ3v) is 6.55. The Morgan fingerprint density at radius 2 is 1.03 bits per heavy atom. The van der Waals surface area contributed by atoms with Gasteiger partial charge in [0.25, 0.3) is 0 Å². The van der Waals surface area contributed by atoms with Gasteiger partial charge in [0.15, 0.2) is 0 Å². The molecule has 0 heteroatoms. The summed E-state index contributed by atoms with van der Waals surface area (Å²) in [6.45, 7) is 13.7. The van der Waals surface area contributed by atoms with Crippen molar-refractivity contribution in [1.82, 2.24) is 0 Å². The Kier molecular flexibility index (Phi) is 7.53. The van der Waals surface area contributed by atoms with Gasteiger partial charge in [0.1, 0.15) is 0 Å². The highest BCUT2D eigenvalue weighted by molar-refractivity contribution is 5.80. The molecule has 0 saturated heterocycles. The van der Waals surface area contributed by atoms with E-state index in [9.17, 15) is 0 Å². The first-order valence-electron chi connectivity index (χ1n) is 11.8. The third-order valence-electron chi connectivity index (χ3n) is 6.55. The number of hydrogen-bond donors (Lipinski definition) is 0. The van der Waals surface area contributed by atoms with Crippen molar-refractivity contribution in [2.45, 2.75) is 80.1 Å². The van der Waals surface area contributed by atoms with E-state index in [2.05, 4.69) is 90.1 Å². The number of hydrogen-bond acceptors (Lipinski definition) is 0. The molecular formula is C30H38. The van der Waals surface area contributed by atoms with Crippen LogP contribution in [-0.4, -0.2) is 0 Å². The van der Waals surface area contributed by atoms with Gasteiger partial charge in [0.2, 0.25) is 0 Å². The van der Waals surface area contributed by atoms with Gasteiger partial charge in [0, 0.05) is 0 Å². The zero-order valence-electron chi connectivity index (χ0n) is 19.9. The highest BCUT2D eigenvalue weighted by Crippen LogP contribution is 2.38. The van der Waals surface area contributed by atoms with Crippen molar-refractivity contribution in [3.05, 3.63) is 81.9 Å². The molecule has 0 aliphatic carbocycles. The van der Waals surface area contributed by atoms with Gasteiger partial charge in [-0.15, -0.1) is 0 Å². The summed E-state index contributed by atoms with van der Waals surface area (Å²) in [6, 6.07) is 18.4. The summed E-state index contributed by atoms with van der Waals surface area (Å²) in [7, 11) is 0. The molecule has 158 valence electrons. The van der Waals surface area contributed by atoms with Crippen LogP contribution in [0.5, 0.6) is 0 Å². The summed E-state index contributed by atoms with van der Waals surface area (Å²) in [4.78, 5) is 0. The van der Waals surface area contributed by atoms with Gasteiger partial charge < -0.3 is 0 Å². The fourth-order valence-corrected chi connectivity index (χ4v) is 4.92. The van der Waals surface area contributed by atoms with E-state index < -0.39 is 0 Å². The molecule has 3 rings (SSSR count). The summed E-state index contributed by atoms with van der Waals surface area (Å²) in [6.07, 6.45) is 6.97. The van der Waals surface area contributed by atoms with Crippen LogP contribution in [0, 0.1) is 20.8 Å². The first-order chi connectivity index (χ1) is 14.5. The zero-order chi connectivity index (χ0) is 21.7. The Hall–Kier alpha value is -2.34. The molecule has 3 aromatic rings. The molecule has 3 aromatic carbocycles. The van der Waals surface area contributed by atoms with E-state index in [0.29, 0.717) is 0 Å². The van der Waals surface area contributed by atoms with E-state index in [1.807, 2.05) is 0 Å². The quantitative estimate of drug-likeness (QED) is 0.355. The van der Waals surface area contributed by atoms with Crippen molar-refractivity contribution in [1.29, 1.82) is 0 Å². The summed E-state index contributed by atoms with van der Waals surface area (Å²) >= 11 is 0. The summed E-state index contributed by atoms with van der Waals surface area (Å²) in [5.41, 5.74) is 14.5. The van der Waals surface area contributed by atoms with E-state index in [1.165, 1.54) is 74.9 Å². The lowest BCUT2D eigenvalue weighted by atomic mass is 9.83. The molecule has 30 heavy (non-hydrogen) atoms. The second-order valence-electron chi connectivity index (χ2n) is 8.70. The van der Waals surface area contributed by atoms with Crippen molar-refractivity contribution in [3.63, 3.8) is 0 Å². The van der Waals surface area contributed by atoms with Crippen LogP contribution in [0.3, 0.4) is 0 Å². The van der Waals surface area contributed by atoms with E-state index in [-0.39, 0.29) is 0 Å². The first-order valence-corrected chi connectivity index (χ1v) is 11.8. The van der Waals surface area contributed by atoms with Crippen molar-refractivity contribution in [2.75, 3.05) is 0 Å². The minimum absolute atomic E-state index is 1.13. The Balaban J connectivity index is 2.21. The van der Waals surface area contributed by atoms with Crippen molar-refractivity contribution < 1.29 is 0 Å². The number of rotatable bonds is 8. The lowest BCUT2D eigenvalue weighted by molar-refractivity contribution is 0.906. The molecule has 0 fully saturated rings. The largest absolute Gasteiger partial charge is 0.0651 e. The second-order valence-corrected chi connectivity index (χ2v) is 8.70. The molecule has 0 saturated carbocycles. The summed E-state index contributed by atoms with van der Waals surface area (Å²) in [5.74, 6) is 0. The highest BCUT2D eigenvalue weighted by atomic mass is 14.2. The maximum atomic E-state index is 2.39. The van der Waals surface area contributed by atoms with Gasteiger partial charge in [-0.05, 0) is 95.7 Å². The fourth-order valence-electron chi connectivity index (χ4n) is 4.92. The number of aryl methyl sites for hydroxylation is 2. The molecule has 0 aromatic heterocycles. The molecule has 0 N–H and O–H groups in total. The monoisotopic (exact) mass is 398 g/mol. The maximum absolute atomic E-state index is 2.39.